The van der Waals surface area contributed by atoms with Crippen LogP contribution in [0.15, 0.2) is 0 Å². The van der Waals surface area contributed by atoms with Crippen LogP contribution in [0.25, 0.3) is 0 Å². The first-order valence-electron chi connectivity index (χ1n) is 5.83. The first-order chi connectivity index (χ1) is 7.65. The number of nitrogens with zero attached hydrogens (tertiary/aromatic N) is 2. The largest absolute Gasteiger partial charge is 0.383 e. The van der Waals surface area contributed by atoms with E-state index in [0.29, 0.717) is 13.2 Å². The molecule has 0 aliphatic carbocycles. The van der Waals surface area contributed by atoms with Gasteiger partial charge < -0.3 is 15.0 Å². The summed E-state index contributed by atoms with van der Waals surface area (Å²) in [6.45, 7) is 6.97. The molecule has 0 bridgehead atoms. The molecule has 0 spiro atoms. The zero-order valence-electron chi connectivity index (χ0n) is 10.5. The number of hydrogen-bond acceptors (Lipinski definition) is 4. The van der Waals surface area contributed by atoms with E-state index in [9.17, 15) is 4.79 Å². The molecule has 1 aliphatic heterocycles. The smallest absolute Gasteiger partial charge is 0.236 e. The molecule has 0 aromatic rings. The highest BCUT2D eigenvalue weighted by Gasteiger charge is 2.19. The molecule has 1 unspecified atom stereocenters. The molecule has 94 valence electrons. The minimum atomic E-state index is 0.139. The van der Waals surface area contributed by atoms with Gasteiger partial charge in [-0.25, -0.2) is 0 Å². The minimum Gasteiger partial charge on any atom is -0.383 e. The third-order valence-corrected chi connectivity index (χ3v) is 3.03. The molecule has 1 aliphatic rings. The van der Waals surface area contributed by atoms with E-state index in [0.717, 1.165) is 26.2 Å². The van der Waals surface area contributed by atoms with Crippen molar-refractivity contribution < 1.29 is 9.53 Å². The number of amides is 1. The van der Waals surface area contributed by atoms with E-state index in [1.807, 2.05) is 14.0 Å². The Labute approximate surface area is 97.7 Å². The molecular formula is C11H23N3O2. The second-order valence-corrected chi connectivity index (χ2v) is 4.34. The van der Waals surface area contributed by atoms with Gasteiger partial charge in [0.25, 0.3) is 0 Å². The Morgan fingerprint density at radius 1 is 1.50 bits per heavy atom. The standard InChI is InChI=1S/C11H23N3O2/c1-10(9-16-3)13(2)11(15)8-14-6-4-12-5-7-14/h10,12H,4-9H2,1-3H3. The fourth-order valence-corrected chi connectivity index (χ4v) is 1.77. The van der Waals surface area contributed by atoms with Gasteiger partial charge in [0, 0.05) is 40.3 Å². The lowest BCUT2D eigenvalue weighted by Crippen LogP contribution is -2.49. The van der Waals surface area contributed by atoms with Crippen LogP contribution in [0, 0.1) is 0 Å². The quantitative estimate of drug-likeness (QED) is 0.683. The lowest BCUT2D eigenvalue weighted by atomic mass is 10.3. The number of methoxy groups -OCH3 is 1. The number of rotatable bonds is 5. The Morgan fingerprint density at radius 3 is 2.69 bits per heavy atom. The normalized spacial score (nSPS) is 19.4. The van der Waals surface area contributed by atoms with Crippen molar-refractivity contribution in [2.75, 3.05) is 53.5 Å². The Morgan fingerprint density at radius 2 is 2.12 bits per heavy atom. The molecule has 1 fully saturated rings. The maximum Gasteiger partial charge on any atom is 0.236 e. The van der Waals surface area contributed by atoms with Gasteiger partial charge in [0.15, 0.2) is 0 Å². The van der Waals surface area contributed by atoms with Gasteiger partial charge in [-0.15, -0.1) is 0 Å². The Balaban J connectivity index is 2.32. The lowest BCUT2D eigenvalue weighted by molar-refractivity contribution is -0.133. The maximum atomic E-state index is 11.9. The topological polar surface area (TPSA) is 44.8 Å². The van der Waals surface area contributed by atoms with Crippen molar-refractivity contribution in [2.45, 2.75) is 13.0 Å². The molecule has 1 saturated heterocycles. The Bertz CT molecular complexity index is 217. The zero-order chi connectivity index (χ0) is 12.0. The van der Waals surface area contributed by atoms with Gasteiger partial charge in [0.05, 0.1) is 19.2 Å². The molecule has 1 atom stereocenters. The van der Waals surface area contributed by atoms with E-state index in [1.54, 1.807) is 12.0 Å². The number of piperazine rings is 1. The van der Waals surface area contributed by atoms with E-state index >= 15 is 0 Å². The monoisotopic (exact) mass is 229 g/mol. The second-order valence-electron chi connectivity index (χ2n) is 4.34. The van der Waals surface area contributed by atoms with E-state index < -0.39 is 0 Å². The number of nitrogens with one attached hydrogen (secondary N) is 1. The summed E-state index contributed by atoms with van der Waals surface area (Å²) in [5.74, 6) is 0.173. The highest BCUT2D eigenvalue weighted by atomic mass is 16.5. The van der Waals surface area contributed by atoms with E-state index in [1.165, 1.54) is 0 Å². The van der Waals surface area contributed by atoms with E-state index in [-0.39, 0.29) is 11.9 Å². The predicted octanol–water partition coefficient (Wildman–Crippen LogP) is -0.615. The molecule has 1 heterocycles. The summed E-state index contributed by atoms with van der Waals surface area (Å²) in [6.07, 6.45) is 0. The number of hydrogen-bond donors (Lipinski definition) is 1. The summed E-state index contributed by atoms with van der Waals surface area (Å²) < 4.78 is 5.05. The molecule has 0 aromatic carbocycles. The molecule has 0 radical (unpaired) electrons. The number of likely N-dealkylation sites (N-methyl/N-ethyl adjacent to an activating group) is 1. The Hall–Kier alpha value is -0.650. The summed E-state index contributed by atoms with van der Waals surface area (Å²) in [6, 6.07) is 0.139. The van der Waals surface area contributed by atoms with Crippen molar-refractivity contribution >= 4 is 5.91 Å². The zero-order valence-corrected chi connectivity index (χ0v) is 10.5. The molecular weight excluding hydrogens is 206 g/mol. The van der Waals surface area contributed by atoms with Crippen LogP contribution in [0.2, 0.25) is 0 Å². The number of carbonyl (C=O) groups excluding carboxylic acids is 1. The fourth-order valence-electron chi connectivity index (χ4n) is 1.77. The van der Waals surface area contributed by atoms with Crippen LogP contribution in [0.1, 0.15) is 6.92 Å². The molecule has 5 nitrogen and oxygen atoms in total. The van der Waals surface area contributed by atoms with Gasteiger partial charge in [0.1, 0.15) is 0 Å². The first-order valence-corrected chi connectivity index (χ1v) is 5.83. The molecule has 0 aromatic heterocycles. The average Bonchev–Trinajstić information content (AvgIpc) is 2.29. The van der Waals surface area contributed by atoms with Gasteiger partial charge in [-0.2, -0.15) is 0 Å². The van der Waals surface area contributed by atoms with Gasteiger partial charge in [-0.1, -0.05) is 0 Å². The van der Waals surface area contributed by atoms with Crippen molar-refractivity contribution in [1.82, 2.24) is 15.1 Å². The van der Waals surface area contributed by atoms with Crippen LogP contribution >= 0.6 is 0 Å². The summed E-state index contributed by atoms with van der Waals surface area (Å²) in [5, 5.41) is 3.27. The summed E-state index contributed by atoms with van der Waals surface area (Å²) >= 11 is 0. The van der Waals surface area contributed by atoms with E-state index in [4.69, 9.17) is 4.74 Å². The minimum absolute atomic E-state index is 0.139. The fraction of sp³-hybridized carbons (Fsp3) is 0.909. The van der Waals surface area contributed by atoms with Crippen molar-refractivity contribution in [3.63, 3.8) is 0 Å². The third kappa shape index (κ3) is 4.08. The summed E-state index contributed by atoms with van der Waals surface area (Å²) in [5.41, 5.74) is 0. The highest BCUT2D eigenvalue weighted by Crippen LogP contribution is 2.00. The second kappa shape index (κ2) is 6.83. The highest BCUT2D eigenvalue weighted by molar-refractivity contribution is 5.78. The first kappa shape index (κ1) is 13.4. The van der Waals surface area contributed by atoms with Crippen molar-refractivity contribution in [3.05, 3.63) is 0 Å². The van der Waals surface area contributed by atoms with Gasteiger partial charge in [0.2, 0.25) is 5.91 Å². The van der Waals surface area contributed by atoms with Crippen LogP contribution < -0.4 is 5.32 Å². The molecule has 1 rings (SSSR count). The van der Waals surface area contributed by atoms with Gasteiger partial charge >= 0.3 is 0 Å². The van der Waals surface area contributed by atoms with Gasteiger partial charge in [-0.3, -0.25) is 9.69 Å². The molecule has 16 heavy (non-hydrogen) atoms. The molecule has 1 amide bonds. The van der Waals surface area contributed by atoms with Crippen molar-refractivity contribution in [1.29, 1.82) is 0 Å². The number of carbonyl (C=O) groups is 1. The molecule has 1 N–H and O–H groups in total. The van der Waals surface area contributed by atoms with Crippen molar-refractivity contribution in [3.8, 4) is 0 Å². The molecule has 5 heteroatoms. The average molecular weight is 229 g/mol. The summed E-state index contributed by atoms with van der Waals surface area (Å²) in [4.78, 5) is 15.9. The number of ether oxygens (including phenoxy) is 1. The lowest BCUT2D eigenvalue weighted by Gasteiger charge is -2.30. The van der Waals surface area contributed by atoms with Crippen LogP contribution in [0.3, 0.4) is 0 Å². The van der Waals surface area contributed by atoms with Crippen LogP contribution in [-0.2, 0) is 9.53 Å². The SMILES string of the molecule is COCC(C)N(C)C(=O)CN1CCNCC1. The Kier molecular flexibility index (Phi) is 5.73. The summed E-state index contributed by atoms with van der Waals surface area (Å²) in [7, 11) is 3.50. The van der Waals surface area contributed by atoms with Crippen LogP contribution in [0.5, 0.6) is 0 Å². The van der Waals surface area contributed by atoms with E-state index in [2.05, 4.69) is 10.2 Å². The third-order valence-electron chi connectivity index (χ3n) is 3.03. The maximum absolute atomic E-state index is 11.9. The molecule has 0 saturated carbocycles. The van der Waals surface area contributed by atoms with Gasteiger partial charge in [-0.05, 0) is 6.92 Å². The predicted molar refractivity (Wildman–Crippen MR) is 63.4 cm³/mol. The van der Waals surface area contributed by atoms with Crippen LogP contribution in [0.4, 0.5) is 0 Å². The van der Waals surface area contributed by atoms with Crippen LogP contribution in [-0.4, -0.2) is 75.2 Å². The van der Waals surface area contributed by atoms with Crippen molar-refractivity contribution in [2.24, 2.45) is 0 Å².